The molecule has 0 heterocycles. The molecular formula is C12H14N2O4. The van der Waals surface area contributed by atoms with Crippen LogP contribution in [0, 0.1) is 0 Å². The van der Waals surface area contributed by atoms with Crippen LogP contribution in [0.15, 0.2) is 24.3 Å². The molecule has 3 N–H and O–H groups in total. The lowest BCUT2D eigenvalue weighted by atomic mass is 10.1. The zero-order valence-electron chi connectivity index (χ0n) is 9.68. The van der Waals surface area contributed by atoms with E-state index < -0.39 is 6.09 Å². The average molecular weight is 250 g/mol. The van der Waals surface area contributed by atoms with Crippen molar-refractivity contribution >= 4 is 18.3 Å². The Hall–Kier alpha value is -2.37. The second-order valence-electron chi connectivity index (χ2n) is 3.58. The second-order valence-corrected chi connectivity index (χ2v) is 3.58. The molecule has 0 fully saturated rings. The highest BCUT2D eigenvalue weighted by Gasteiger charge is 2.04. The van der Waals surface area contributed by atoms with Crippen LogP contribution in [0.25, 0.3) is 0 Å². The molecule has 0 radical (unpaired) electrons. The number of aldehydes is 1. The van der Waals surface area contributed by atoms with E-state index in [0.717, 1.165) is 0 Å². The van der Waals surface area contributed by atoms with Gasteiger partial charge in [0.25, 0.3) is 5.91 Å². The number of amides is 2. The van der Waals surface area contributed by atoms with Crippen LogP contribution in [-0.4, -0.2) is 36.5 Å². The number of nitrogens with one attached hydrogen (secondary N) is 2. The van der Waals surface area contributed by atoms with Gasteiger partial charge in [0, 0.05) is 24.2 Å². The van der Waals surface area contributed by atoms with Crippen LogP contribution < -0.4 is 10.6 Å². The molecular weight excluding hydrogens is 236 g/mol. The summed E-state index contributed by atoms with van der Waals surface area (Å²) in [5, 5.41) is 13.2. The molecule has 0 saturated carbocycles. The lowest BCUT2D eigenvalue weighted by Gasteiger charge is -2.05. The van der Waals surface area contributed by atoms with Crippen molar-refractivity contribution in [1.82, 2.24) is 10.6 Å². The summed E-state index contributed by atoms with van der Waals surface area (Å²) in [7, 11) is 0. The minimum Gasteiger partial charge on any atom is -0.465 e. The Kier molecular flexibility index (Phi) is 5.37. The Morgan fingerprint density at radius 3 is 2.28 bits per heavy atom. The summed E-state index contributed by atoms with van der Waals surface area (Å²) >= 11 is 0. The van der Waals surface area contributed by atoms with Crippen molar-refractivity contribution in [3.05, 3.63) is 35.4 Å². The zero-order chi connectivity index (χ0) is 13.4. The normalized spacial score (nSPS) is 9.56. The van der Waals surface area contributed by atoms with Crippen molar-refractivity contribution in [2.45, 2.75) is 6.42 Å². The van der Waals surface area contributed by atoms with Gasteiger partial charge in [-0.15, -0.1) is 0 Å². The number of rotatable bonds is 6. The van der Waals surface area contributed by atoms with Gasteiger partial charge < -0.3 is 15.7 Å². The van der Waals surface area contributed by atoms with Gasteiger partial charge in [0.2, 0.25) is 0 Å². The van der Waals surface area contributed by atoms with Crippen molar-refractivity contribution in [3.8, 4) is 0 Å². The number of carbonyl (C=O) groups is 3. The average Bonchev–Trinajstić information content (AvgIpc) is 2.38. The molecule has 1 aromatic carbocycles. The molecule has 96 valence electrons. The van der Waals surface area contributed by atoms with E-state index in [1.165, 1.54) is 0 Å². The highest BCUT2D eigenvalue weighted by molar-refractivity contribution is 5.94. The lowest BCUT2D eigenvalue weighted by molar-refractivity contribution is 0.0952. The first-order chi connectivity index (χ1) is 8.63. The van der Waals surface area contributed by atoms with Gasteiger partial charge in [0.1, 0.15) is 6.29 Å². The second kappa shape index (κ2) is 7.05. The Morgan fingerprint density at radius 1 is 1.11 bits per heavy atom. The highest BCUT2D eigenvalue weighted by Crippen LogP contribution is 2.02. The number of hydrogen-bond acceptors (Lipinski definition) is 3. The van der Waals surface area contributed by atoms with Crippen molar-refractivity contribution in [1.29, 1.82) is 0 Å². The van der Waals surface area contributed by atoms with E-state index in [1.54, 1.807) is 24.3 Å². The summed E-state index contributed by atoms with van der Waals surface area (Å²) in [5.41, 5.74) is 0.976. The topological polar surface area (TPSA) is 95.5 Å². The van der Waals surface area contributed by atoms with E-state index in [0.29, 0.717) is 36.9 Å². The third-order valence-corrected chi connectivity index (χ3v) is 2.22. The van der Waals surface area contributed by atoms with E-state index in [9.17, 15) is 14.4 Å². The molecule has 18 heavy (non-hydrogen) atoms. The molecule has 0 unspecified atom stereocenters. The van der Waals surface area contributed by atoms with Gasteiger partial charge in [-0.25, -0.2) is 4.79 Å². The number of hydrogen-bond donors (Lipinski definition) is 3. The summed E-state index contributed by atoms with van der Waals surface area (Å²) in [6.07, 6.45) is 0.148. The van der Waals surface area contributed by atoms with E-state index >= 15 is 0 Å². The first kappa shape index (κ1) is 13.7. The molecule has 0 aliphatic rings. The lowest BCUT2D eigenvalue weighted by Crippen LogP contribution is -2.29. The Bertz CT molecular complexity index is 428. The smallest absolute Gasteiger partial charge is 0.404 e. The maximum Gasteiger partial charge on any atom is 0.404 e. The van der Waals surface area contributed by atoms with Crippen molar-refractivity contribution in [2.24, 2.45) is 0 Å². The van der Waals surface area contributed by atoms with Crippen LogP contribution in [0.2, 0.25) is 0 Å². The molecule has 0 spiro atoms. The Labute approximate surface area is 104 Å². The molecule has 0 atom stereocenters. The van der Waals surface area contributed by atoms with E-state index in [4.69, 9.17) is 5.11 Å². The van der Waals surface area contributed by atoms with Gasteiger partial charge in [0.05, 0.1) is 0 Å². The quantitative estimate of drug-likeness (QED) is 0.516. The predicted molar refractivity (Wildman–Crippen MR) is 64.8 cm³/mol. The molecule has 6 heteroatoms. The van der Waals surface area contributed by atoms with Gasteiger partial charge in [-0.1, -0.05) is 12.1 Å². The van der Waals surface area contributed by atoms with Crippen molar-refractivity contribution < 1.29 is 19.5 Å². The van der Waals surface area contributed by atoms with Crippen LogP contribution in [0.1, 0.15) is 27.1 Å². The first-order valence-corrected chi connectivity index (χ1v) is 5.43. The third kappa shape index (κ3) is 4.65. The standard InChI is InChI=1S/C12H14N2O4/c15-8-9-2-4-10(5-3-9)11(16)13-6-1-7-14-12(17)18/h2-5,8,14H,1,6-7H2,(H,13,16)(H,17,18). The molecule has 0 aliphatic carbocycles. The zero-order valence-corrected chi connectivity index (χ0v) is 9.68. The van der Waals surface area contributed by atoms with E-state index in [1.807, 2.05) is 0 Å². The van der Waals surface area contributed by atoms with Gasteiger partial charge in [-0.05, 0) is 18.6 Å². The summed E-state index contributed by atoms with van der Waals surface area (Å²) < 4.78 is 0. The molecule has 0 aromatic heterocycles. The van der Waals surface area contributed by atoms with Crippen LogP contribution >= 0.6 is 0 Å². The number of carbonyl (C=O) groups excluding carboxylic acids is 2. The fourth-order valence-electron chi connectivity index (χ4n) is 1.30. The summed E-state index contributed by atoms with van der Waals surface area (Å²) in [6.45, 7) is 0.675. The minimum absolute atomic E-state index is 0.247. The van der Waals surface area contributed by atoms with Crippen LogP contribution in [0.5, 0.6) is 0 Å². The van der Waals surface area contributed by atoms with Gasteiger partial charge >= 0.3 is 6.09 Å². The van der Waals surface area contributed by atoms with Crippen LogP contribution in [0.4, 0.5) is 4.79 Å². The highest BCUT2D eigenvalue weighted by atomic mass is 16.4. The van der Waals surface area contributed by atoms with Crippen LogP contribution in [-0.2, 0) is 0 Å². The van der Waals surface area contributed by atoms with Gasteiger partial charge in [-0.3, -0.25) is 9.59 Å². The molecule has 2 amide bonds. The third-order valence-electron chi connectivity index (χ3n) is 2.22. The largest absolute Gasteiger partial charge is 0.465 e. The molecule has 6 nitrogen and oxygen atoms in total. The molecule has 0 aliphatic heterocycles. The van der Waals surface area contributed by atoms with E-state index in [-0.39, 0.29) is 5.91 Å². The summed E-state index contributed by atoms with van der Waals surface area (Å²) in [6, 6.07) is 6.25. The molecule has 0 bridgehead atoms. The maximum atomic E-state index is 11.6. The fraction of sp³-hybridized carbons (Fsp3) is 0.250. The molecule has 1 rings (SSSR count). The Morgan fingerprint density at radius 2 is 1.72 bits per heavy atom. The Balaban J connectivity index is 2.31. The van der Waals surface area contributed by atoms with Crippen LogP contribution in [0.3, 0.4) is 0 Å². The summed E-state index contributed by atoms with van der Waals surface area (Å²) in [5.74, 6) is -0.247. The van der Waals surface area contributed by atoms with Crippen molar-refractivity contribution in [3.63, 3.8) is 0 Å². The monoisotopic (exact) mass is 250 g/mol. The molecule has 1 aromatic rings. The number of carboxylic acid groups (broad SMARTS) is 1. The summed E-state index contributed by atoms with van der Waals surface area (Å²) in [4.78, 5) is 32.2. The SMILES string of the molecule is O=Cc1ccc(C(=O)NCCCNC(=O)O)cc1. The van der Waals surface area contributed by atoms with Crippen molar-refractivity contribution in [2.75, 3.05) is 13.1 Å². The molecule has 0 saturated heterocycles. The van der Waals surface area contributed by atoms with Gasteiger partial charge in [-0.2, -0.15) is 0 Å². The fourth-order valence-corrected chi connectivity index (χ4v) is 1.30. The number of benzene rings is 1. The minimum atomic E-state index is -1.08. The van der Waals surface area contributed by atoms with Gasteiger partial charge in [0.15, 0.2) is 0 Å². The van der Waals surface area contributed by atoms with E-state index in [2.05, 4.69) is 10.6 Å². The maximum absolute atomic E-state index is 11.6. The first-order valence-electron chi connectivity index (χ1n) is 5.43. The predicted octanol–water partition coefficient (Wildman–Crippen LogP) is 0.887.